The highest BCUT2D eigenvalue weighted by molar-refractivity contribution is 7.26. The van der Waals surface area contributed by atoms with E-state index in [1.807, 2.05) is 0 Å². The van der Waals surface area contributed by atoms with Crippen molar-refractivity contribution in [2.45, 2.75) is 0 Å². The van der Waals surface area contributed by atoms with Gasteiger partial charge in [0.15, 0.2) is 17.5 Å². The first-order valence-corrected chi connectivity index (χ1v) is 16.6. The van der Waals surface area contributed by atoms with Gasteiger partial charge < -0.3 is 0 Å². The number of thiophene rings is 1. The van der Waals surface area contributed by atoms with Crippen LogP contribution in [0, 0.1) is 0 Å². The smallest absolute Gasteiger partial charge is 0.165 e. The van der Waals surface area contributed by atoms with Crippen LogP contribution in [0.1, 0.15) is 0 Å². The van der Waals surface area contributed by atoms with E-state index in [4.69, 9.17) is 15.0 Å². The first kappa shape index (κ1) is 26.3. The lowest BCUT2D eigenvalue weighted by molar-refractivity contribution is 1.08. The van der Waals surface area contributed by atoms with Gasteiger partial charge >= 0.3 is 0 Å². The molecule has 3 nitrogen and oxygen atoms in total. The Kier molecular flexibility index (Phi) is 5.74. The number of hydrogen-bond acceptors (Lipinski definition) is 4. The Labute approximate surface area is 274 Å². The van der Waals surface area contributed by atoms with Crippen molar-refractivity contribution < 1.29 is 0 Å². The van der Waals surface area contributed by atoms with Crippen molar-refractivity contribution in [3.8, 4) is 34.2 Å². The zero-order valence-corrected chi connectivity index (χ0v) is 26.0. The van der Waals surface area contributed by atoms with Crippen LogP contribution in [-0.4, -0.2) is 15.0 Å². The van der Waals surface area contributed by atoms with Crippen LogP contribution in [0.4, 0.5) is 0 Å². The molecule has 0 saturated heterocycles. The SMILES string of the molecule is c1ccc2cc(-c3nc(-c4cc5c6ccccc6ccc5c5ccccc45)nc(-c4cccc5c4sc4ccccc45)n3)ccc2c1. The van der Waals surface area contributed by atoms with E-state index in [1.165, 1.54) is 52.5 Å². The Morgan fingerprint density at radius 2 is 0.957 bits per heavy atom. The average Bonchev–Trinajstić information content (AvgIpc) is 3.53. The number of fused-ring (bicyclic) bond motifs is 9. The maximum atomic E-state index is 5.30. The van der Waals surface area contributed by atoms with E-state index < -0.39 is 0 Å². The summed E-state index contributed by atoms with van der Waals surface area (Å²) in [6.07, 6.45) is 0. The van der Waals surface area contributed by atoms with Crippen molar-refractivity contribution >= 4 is 74.6 Å². The molecule has 0 aliphatic carbocycles. The van der Waals surface area contributed by atoms with Gasteiger partial charge in [-0.15, -0.1) is 11.3 Å². The molecule has 4 heteroatoms. The summed E-state index contributed by atoms with van der Waals surface area (Å²) in [7, 11) is 0. The van der Waals surface area contributed by atoms with Crippen LogP contribution in [0.3, 0.4) is 0 Å². The first-order chi connectivity index (χ1) is 23.3. The maximum Gasteiger partial charge on any atom is 0.165 e. The molecule has 0 N–H and O–H groups in total. The summed E-state index contributed by atoms with van der Waals surface area (Å²) in [5.74, 6) is 2.01. The zero-order valence-electron chi connectivity index (χ0n) is 25.2. The van der Waals surface area contributed by atoms with Gasteiger partial charge in [-0.2, -0.15) is 0 Å². The molecule has 218 valence electrons. The fourth-order valence-electron chi connectivity index (χ4n) is 7.04. The van der Waals surface area contributed by atoms with Gasteiger partial charge in [0.25, 0.3) is 0 Å². The third-order valence-electron chi connectivity index (χ3n) is 9.30. The summed E-state index contributed by atoms with van der Waals surface area (Å²) < 4.78 is 2.44. The summed E-state index contributed by atoms with van der Waals surface area (Å²) in [6, 6.07) is 53.9. The fraction of sp³-hybridized carbons (Fsp3) is 0. The number of hydrogen-bond donors (Lipinski definition) is 0. The Morgan fingerprint density at radius 1 is 0.340 bits per heavy atom. The van der Waals surface area contributed by atoms with Crippen LogP contribution >= 0.6 is 11.3 Å². The van der Waals surface area contributed by atoms with Crippen molar-refractivity contribution in [2.24, 2.45) is 0 Å². The van der Waals surface area contributed by atoms with Crippen LogP contribution in [-0.2, 0) is 0 Å². The Bertz CT molecular complexity index is 2870. The zero-order chi connectivity index (χ0) is 30.9. The lowest BCUT2D eigenvalue weighted by Crippen LogP contribution is -2.01. The minimum atomic E-state index is 0.663. The molecule has 8 aromatic carbocycles. The van der Waals surface area contributed by atoms with Crippen LogP contribution in [0.2, 0.25) is 0 Å². The van der Waals surface area contributed by atoms with Gasteiger partial charge in [-0.25, -0.2) is 15.0 Å². The van der Waals surface area contributed by atoms with Gasteiger partial charge in [-0.3, -0.25) is 0 Å². The quantitative estimate of drug-likeness (QED) is 0.186. The largest absolute Gasteiger partial charge is 0.208 e. The van der Waals surface area contributed by atoms with E-state index in [0.717, 1.165) is 27.5 Å². The summed E-state index contributed by atoms with van der Waals surface area (Å²) in [6.45, 7) is 0. The number of aromatic nitrogens is 3. The second-order valence-corrected chi connectivity index (χ2v) is 13.1. The lowest BCUT2D eigenvalue weighted by Gasteiger charge is -2.14. The van der Waals surface area contributed by atoms with E-state index in [0.29, 0.717) is 17.5 Å². The van der Waals surface area contributed by atoms with E-state index in [-0.39, 0.29) is 0 Å². The molecule has 0 fully saturated rings. The molecule has 0 aliphatic heterocycles. The molecular weight excluding hydrogens is 591 g/mol. The van der Waals surface area contributed by atoms with Crippen LogP contribution < -0.4 is 0 Å². The van der Waals surface area contributed by atoms with Gasteiger partial charge in [-0.1, -0.05) is 127 Å². The molecule has 10 rings (SSSR count). The number of nitrogens with zero attached hydrogens (tertiary/aromatic N) is 3. The highest BCUT2D eigenvalue weighted by Gasteiger charge is 2.19. The molecule has 47 heavy (non-hydrogen) atoms. The monoisotopic (exact) mass is 615 g/mol. The van der Waals surface area contributed by atoms with E-state index >= 15 is 0 Å². The van der Waals surface area contributed by atoms with Crippen LogP contribution in [0.25, 0.3) is 97.4 Å². The molecule has 0 atom stereocenters. The Hall–Kier alpha value is -5.97. The van der Waals surface area contributed by atoms with E-state index in [2.05, 4.69) is 152 Å². The molecule has 0 spiro atoms. The molecule has 2 heterocycles. The van der Waals surface area contributed by atoms with Gasteiger partial charge in [0, 0.05) is 36.9 Å². The van der Waals surface area contributed by atoms with E-state index in [9.17, 15) is 0 Å². The third-order valence-corrected chi connectivity index (χ3v) is 10.5. The van der Waals surface area contributed by atoms with Gasteiger partial charge in [0.05, 0.1) is 0 Å². The van der Waals surface area contributed by atoms with Crippen LogP contribution in [0.15, 0.2) is 152 Å². The predicted molar refractivity (Wildman–Crippen MR) is 199 cm³/mol. The molecule has 0 aliphatic rings. The lowest BCUT2D eigenvalue weighted by atomic mass is 9.93. The summed E-state index contributed by atoms with van der Waals surface area (Å²) in [4.78, 5) is 15.8. The highest BCUT2D eigenvalue weighted by atomic mass is 32.1. The van der Waals surface area contributed by atoms with Gasteiger partial charge in [-0.05, 0) is 67.4 Å². The number of rotatable bonds is 3. The minimum Gasteiger partial charge on any atom is -0.208 e. The molecule has 0 amide bonds. The van der Waals surface area contributed by atoms with E-state index in [1.54, 1.807) is 11.3 Å². The third kappa shape index (κ3) is 4.16. The topological polar surface area (TPSA) is 38.7 Å². The second kappa shape index (κ2) is 10.3. The summed E-state index contributed by atoms with van der Waals surface area (Å²) in [5.41, 5.74) is 2.98. The van der Waals surface area contributed by atoms with Crippen molar-refractivity contribution in [3.63, 3.8) is 0 Å². The molecule has 2 aromatic heterocycles. The maximum absolute atomic E-state index is 5.30. The normalized spacial score (nSPS) is 11.8. The van der Waals surface area contributed by atoms with Gasteiger partial charge in [0.2, 0.25) is 0 Å². The fourth-order valence-corrected chi connectivity index (χ4v) is 8.26. The molecule has 0 bridgehead atoms. The average molecular weight is 616 g/mol. The second-order valence-electron chi connectivity index (χ2n) is 12.0. The summed E-state index contributed by atoms with van der Waals surface area (Å²) in [5, 5.41) is 12.0. The summed E-state index contributed by atoms with van der Waals surface area (Å²) >= 11 is 1.79. The standard InChI is InChI=1S/C43H25N3S/c1-2-12-28-24-29(21-20-26(28)10-1)41-44-42(36-18-9-17-35-34-16-7-8-19-39(34)47-40(35)36)46-43(45-41)38-25-37-30-13-4-3-11-27(30)22-23-33(37)31-14-5-6-15-32(31)38/h1-25H. The Balaban J connectivity index is 1.30. The molecule has 0 radical (unpaired) electrons. The predicted octanol–water partition coefficient (Wildman–Crippen LogP) is 11.9. The van der Waals surface area contributed by atoms with Crippen molar-refractivity contribution in [1.82, 2.24) is 15.0 Å². The molecule has 10 aromatic rings. The van der Waals surface area contributed by atoms with Crippen LogP contribution in [0.5, 0.6) is 0 Å². The molecular formula is C43H25N3S. The van der Waals surface area contributed by atoms with Crippen molar-refractivity contribution in [3.05, 3.63) is 152 Å². The molecule has 0 saturated carbocycles. The number of benzene rings is 8. The Morgan fingerprint density at radius 3 is 1.83 bits per heavy atom. The molecule has 0 unspecified atom stereocenters. The minimum absolute atomic E-state index is 0.663. The van der Waals surface area contributed by atoms with Gasteiger partial charge in [0.1, 0.15) is 0 Å². The first-order valence-electron chi connectivity index (χ1n) is 15.8. The van der Waals surface area contributed by atoms with Crippen molar-refractivity contribution in [1.29, 1.82) is 0 Å². The van der Waals surface area contributed by atoms with Crippen molar-refractivity contribution in [2.75, 3.05) is 0 Å². The highest BCUT2D eigenvalue weighted by Crippen LogP contribution is 2.41.